The minimum atomic E-state index is -1.35. The Morgan fingerprint density at radius 2 is 1.55 bits per heavy atom. The summed E-state index contributed by atoms with van der Waals surface area (Å²) >= 11 is 0. The van der Waals surface area contributed by atoms with E-state index in [0.717, 1.165) is 45.0 Å². The number of benzene rings is 3. The summed E-state index contributed by atoms with van der Waals surface area (Å²) in [6.07, 6.45) is 10.6. The largest absolute Gasteiger partial charge is 0.501 e. The Morgan fingerprint density at radius 1 is 0.738 bits per heavy atom. The van der Waals surface area contributed by atoms with Gasteiger partial charge in [-0.15, -0.1) is 54.1 Å². The van der Waals surface area contributed by atoms with Gasteiger partial charge in [0.25, 0.3) is 0 Å². The van der Waals surface area contributed by atoms with Crippen LogP contribution in [-0.2, 0) is 20.1 Å². The van der Waals surface area contributed by atoms with Crippen molar-refractivity contribution < 1.29 is 24.5 Å². The first kappa shape index (κ1) is 30.1. The van der Waals surface area contributed by atoms with Crippen molar-refractivity contribution >= 4 is 35.2 Å². The van der Waals surface area contributed by atoms with Gasteiger partial charge in [-0.2, -0.15) is 0 Å². The standard InChI is InChI=1S/C20H18NOSi.C17H18N.Ir/c1-23(2,3)14-10-11-19-17(13-14)15-7-6-8-16(20(15)22-19)18-9-4-5-12-21-18;1-3-7-14(8-4-1)16-11-12-18-17(13-16)15-9-5-2-6-10-15;/h4-7,9-13H,1-3H3;2,5-6,9,11-14H,1,3-4,7-8H2;/q2*-1;. The van der Waals surface area contributed by atoms with Crippen LogP contribution in [0.15, 0.2) is 102 Å². The van der Waals surface area contributed by atoms with E-state index in [2.05, 4.69) is 84.2 Å². The van der Waals surface area contributed by atoms with Crippen LogP contribution in [0.4, 0.5) is 0 Å². The Kier molecular flexibility index (Phi) is 9.52. The van der Waals surface area contributed by atoms with Crippen LogP contribution in [0.1, 0.15) is 43.6 Å². The predicted molar refractivity (Wildman–Crippen MR) is 173 cm³/mol. The quantitative estimate of drug-likeness (QED) is 0.133. The molecule has 1 radical (unpaired) electrons. The van der Waals surface area contributed by atoms with Crippen LogP contribution in [0.25, 0.3) is 44.5 Å². The zero-order valence-corrected chi connectivity index (χ0v) is 27.9. The molecule has 0 spiro atoms. The smallest absolute Gasteiger partial charge is 0.120 e. The van der Waals surface area contributed by atoms with Crippen molar-refractivity contribution in [1.82, 2.24) is 9.97 Å². The van der Waals surface area contributed by atoms with Crippen molar-refractivity contribution in [2.45, 2.75) is 57.7 Å². The first-order valence-electron chi connectivity index (χ1n) is 14.7. The molecule has 1 aliphatic carbocycles. The molecule has 0 atom stereocenters. The third-order valence-electron chi connectivity index (χ3n) is 8.06. The SMILES string of the molecule is C[Si](C)(C)c1ccc2oc3c(-c4ccccn4)[c-]ccc3c2c1.[Ir].[c-]1ccccc1-c1cc(C2CCCCC2)ccn1. The minimum absolute atomic E-state index is 0. The number of aromatic nitrogens is 2. The van der Waals surface area contributed by atoms with Crippen LogP contribution in [0.5, 0.6) is 0 Å². The molecule has 0 N–H and O–H groups in total. The Morgan fingerprint density at radius 3 is 2.29 bits per heavy atom. The number of rotatable bonds is 4. The molecule has 3 aromatic heterocycles. The topological polar surface area (TPSA) is 38.9 Å². The first-order valence-corrected chi connectivity index (χ1v) is 18.2. The van der Waals surface area contributed by atoms with Gasteiger partial charge in [0.05, 0.1) is 13.7 Å². The molecule has 0 bridgehead atoms. The number of hydrogen-bond donors (Lipinski definition) is 0. The van der Waals surface area contributed by atoms with E-state index in [4.69, 9.17) is 4.42 Å². The van der Waals surface area contributed by atoms with Crippen LogP contribution in [0, 0.1) is 12.1 Å². The number of fused-ring (bicyclic) bond motifs is 3. The third kappa shape index (κ3) is 6.65. The molecule has 1 fully saturated rings. The van der Waals surface area contributed by atoms with Gasteiger partial charge in [-0.3, -0.25) is 0 Å². The Labute approximate surface area is 263 Å². The van der Waals surface area contributed by atoms with Crippen molar-refractivity contribution in [2.75, 3.05) is 0 Å². The zero-order chi connectivity index (χ0) is 28.2. The summed E-state index contributed by atoms with van der Waals surface area (Å²) in [6, 6.07) is 35.6. The van der Waals surface area contributed by atoms with Gasteiger partial charge in [0, 0.05) is 37.9 Å². The summed E-state index contributed by atoms with van der Waals surface area (Å²) in [6.45, 7) is 7.09. The Hall–Kier alpha value is -3.37. The van der Waals surface area contributed by atoms with E-state index in [1.165, 1.54) is 48.2 Å². The van der Waals surface area contributed by atoms with Crippen LogP contribution in [-0.4, -0.2) is 18.0 Å². The van der Waals surface area contributed by atoms with Crippen molar-refractivity contribution in [3.63, 3.8) is 0 Å². The summed E-state index contributed by atoms with van der Waals surface area (Å²) in [4.78, 5) is 8.91. The second-order valence-electron chi connectivity index (χ2n) is 12.0. The molecule has 1 aliphatic rings. The van der Waals surface area contributed by atoms with Gasteiger partial charge in [-0.05, 0) is 48.3 Å². The molecular weight excluding hydrogens is 709 g/mol. The molecular formula is C37H36IrN2OSi-2. The van der Waals surface area contributed by atoms with Gasteiger partial charge < -0.3 is 14.4 Å². The van der Waals surface area contributed by atoms with Crippen molar-refractivity contribution in [3.05, 3.63) is 115 Å². The van der Waals surface area contributed by atoms with E-state index in [9.17, 15) is 0 Å². The molecule has 3 heterocycles. The van der Waals surface area contributed by atoms with E-state index < -0.39 is 8.07 Å². The summed E-state index contributed by atoms with van der Waals surface area (Å²) in [5.41, 5.74) is 7.22. The normalized spacial score (nSPS) is 13.8. The summed E-state index contributed by atoms with van der Waals surface area (Å²) in [5, 5.41) is 3.77. The molecule has 0 saturated heterocycles. The molecule has 3 nitrogen and oxygen atoms in total. The number of pyridine rings is 2. The van der Waals surface area contributed by atoms with Crippen molar-refractivity contribution in [1.29, 1.82) is 0 Å². The van der Waals surface area contributed by atoms with Gasteiger partial charge in [-0.1, -0.05) is 90.9 Å². The maximum Gasteiger partial charge on any atom is 0.120 e. The molecule has 0 unspecified atom stereocenters. The van der Waals surface area contributed by atoms with Crippen LogP contribution < -0.4 is 5.19 Å². The second-order valence-corrected chi connectivity index (χ2v) is 17.0. The van der Waals surface area contributed by atoms with Crippen molar-refractivity contribution in [3.8, 4) is 22.5 Å². The molecule has 215 valence electrons. The van der Waals surface area contributed by atoms with Crippen LogP contribution >= 0.6 is 0 Å². The maximum atomic E-state index is 6.15. The van der Waals surface area contributed by atoms with Gasteiger partial charge >= 0.3 is 0 Å². The fraction of sp³-hybridized carbons (Fsp3) is 0.243. The van der Waals surface area contributed by atoms with Gasteiger partial charge in [0.2, 0.25) is 0 Å². The Bertz CT molecular complexity index is 1750. The predicted octanol–water partition coefficient (Wildman–Crippen LogP) is 9.59. The van der Waals surface area contributed by atoms with E-state index >= 15 is 0 Å². The molecule has 1 saturated carbocycles. The van der Waals surface area contributed by atoms with E-state index in [1.54, 1.807) is 6.20 Å². The van der Waals surface area contributed by atoms with Gasteiger partial charge in [0.15, 0.2) is 0 Å². The summed E-state index contributed by atoms with van der Waals surface area (Å²) in [5.74, 6) is 0.740. The molecule has 42 heavy (non-hydrogen) atoms. The zero-order valence-electron chi connectivity index (χ0n) is 24.5. The van der Waals surface area contributed by atoms with Gasteiger partial charge in [0.1, 0.15) is 5.58 Å². The average molecular weight is 745 g/mol. The summed E-state index contributed by atoms with van der Waals surface area (Å²) in [7, 11) is -1.35. The molecule has 0 aliphatic heterocycles. The minimum Gasteiger partial charge on any atom is -0.501 e. The fourth-order valence-corrected chi connectivity index (χ4v) is 6.91. The second kappa shape index (κ2) is 13.3. The average Bonchev–Trinajstić information content (AvgIpc) is 3.41. The molecule has 0 amide bonds. The molecule has 6 aromatic rings. The molecule has 5 heteroatoms. The Balaban J connectivity index is 0.000000169. The monoisotopic (exact) mass is 745 g/mol. The summed E-state index contributed by atoms with van der Waals surface area (Å²) < 4.78 is 6.15. The maximum absolute atomic E-state index is 6.15. The van der Waals surface area contributed by atoms with Crippen LogP contribution in [0.3, 0.4) is 0 Å². The van der Waals surface area contributed by atoms with E-state index in [-0.39, 0.29) is 20.1 Å². The number of hydrogen-bond acceptors (Lipinski definition) is 3. The number of furan rings is 1. The third-order valence-corrected chi connectivity index (χ3v) is 10.1. The van der Waals surface area contributed by atoms with Crippen LogP contribution in [0.2, 0.25) is 19.6 Å². The fourth-order valence-electron chi connectivity index (χ4n) is 5.75. The molecule has 7 rings (SSSR count). The molecule has 3 aromatic carbocycles. The van der Waals surface area contributed by atoms with Crippen molar-refractivity contribution in [2.24, 2.45) is 0 Å². The number of nitrogens with zero attached hydrogens (tertiary/aromatic N) is 2. The van der Waals surface area contributed by atoms with Gasteiger partial charge in [-0.25, -0.2) is 0 Å². The van der Waals surface area contributed by atoms with E-state index in [1.807, 2.05) is 48.7 Å². The van der Waals surface area contributed by atoms with E-state index in [0.29, 0.717) is 0 Å². The first-order chi connectivity index (χ1) is 20.0.